The average Bonchev–Trinajstić information content (AvgIpc) is 3.28. The molecular weight excluding hydrogens is 308 g/mol. The Morgan fingerprint density at radius 1 is 1.22 bits per heavy atom. The van der Waals surface area contributed by atoms with Crippen molar-refractivity contribution in [3.63, 3.8) is 0 Å². The van der Waals surface area contributed by atoms with Crippen molar-refractivity contribution in [3.05, 3.63) is 46.2 Å². The maximum Gasteiger partial charge on any atom is 0.268 e. The monoisotopic (exact) mass is 326 g/mol. The summed E-state index contributed by atoms with van der Waals surface area (Å²) in [6, 6.07) is 9.65. The minimum atomic E-state index is 0.0655. The number of nitrogens with zero attached hydrogens (tertiary/aromatic N) is 1. The average molecular weight is 326 g/mol. The first-order chi connectivity index (χ1) is 11.2. The van der Waals surface area contributed by atoms with Gasteiger partial charge in [0.2, 0.25) is 5.91 Å². The van der Waals surface area contributed by atoms with E-state index in [-0.39, 0.29) is 17.7 Å². The van der Waals surface area contributed by atoms with Crippen molar-refractivity contribution in [2.75, 3.05) is 16.8 Å². The van der Waals surface area contributed by atoms with E-state index in [0.717, 1.165) is 54.0 Å². The molecule has 1 saturated carbocycles. The van der Waals surface area contributed by atoms with Gasteiger partial charge in [0.1, 0.15) is 0 Å². The van der Waals surface area contributed by atoms with E-state index in [1.54, 1.807) is 0 Å². The van der Waals surface area contributed by atoms with Crippen molar-refractivity contribution in [1.82, 2.24) is 0 Å². The molecule has 0 atom stereocenters. The molecular formula is C18H18N2O2S. The number of carbonyl (C=O) groups excluding carboxylic acids is 2. The molecule has 2 aromatic rings. The number of carbonyl (C=O) groups is 2. The molecule has 4 nitrogen and oxygen atoms in total. The maximum absolute atomic E-state index is 12.7. The fraction of sp³-hybridized carbons (Fsp3) is 0.333. The highest BCUT2D eigenvalue weighted by Gasteiger charge is 2.30. The molecule has 2 amide bonds. The zero-order valence-corrected chi connectivity index (χ0v) is 13.6. The van der Waals surface area contributed by atoms with E-state index >= 15 is 0 Å². The predicted octanol–water partition coefficient (Wildman–Crippen LogP) is 3.69. The molecule has 0 saturated heterocycles. The van der Waals surface area contributed by atoms with E-state index in [2.05, 4.69) is 5.32 Å². The number of aryl methyl sites for hydroxylation is 1. The normalized spacial score (nSPS) is 16.8. The highest BCUT2D eigenvalue weighted by atomic mass is 32.1. The van der Waals surface area contributed by atoms with Gasteiger partial charge in [-0.3, -0.25) is 9.59 Å². The lowest BCUT2D eigenvalue weighted by Gasteiger charge is -2.29. The standard InChI is InChI=1S/C18H18N2O2S/c21-17(12-5-6-12)19-14-7-8-15-13(11-14)3-1-9-20(15)18(22)16-4-2-10-23-16/h2,4,7-8,10-12H,1,3,5-6,9H2,(H,19,21). The number of nitrogens with one attached hydrogen (secondary N) is 1. The minimum Gasteiger partial charge on any atom is -0.326 e. The second-order valence-electron chi connectivity index (χ2n) is 6.14. The molecule has 0 radical (unpaired) electrons. The number of rotatable bonds is 3. The molecule has 4 rings (SSSR count). The van der Waals surface area contributed by atoms with Crippen LogP contribution in [0.25, 0.3) is 0 Å². The van der Waals surface area contributed by atoms with Crippen molar-refractivity contribution in [1.29, 1.82) is 0 Å². The molecule has 0 bridgehead atoms. The maximum atomic E-state index is 12.7. The Balaban J connectivity index is 1.58. The number of benzene rings is 1. The largest absolute Gasteiger partial charge is 0.326 e. The van der Waals surface area contributed by atoms with Crippen LogP contribution in [-0.4, -0.2) is 18.4 Å². The molecule has 1 aliphatic carbocycles. The van der Waals surface area contributed by atoms with Crippen LogP contribution in [0.1, 0.15) is 34.5 Å². The highest BCUT2D eigenvalue weighted by Crippen LogP contribution is 2.33. The number of thiophene rings is 1. The van der Waals surface area contributed by atoms with Crippen LogP contribution in [-0.2, 0) is 11.2 Å². The summed E-state index contributed by atoms with van der Waals surface area (Å²) in [5.41, 5.74) is 2.94. The molecule has 0 spiro atoms. The summed E-state index contributed by atoms with van der Waals surface area (Å²) in [7, 11) is 0. The third-order valence-electron chi connectivity index (χ3n) is 4.39. The number of hydrogen-bond acceptors (Lipinski definition) is 3. The number of fused-ring (bicyclic) bond motifs is 1. The van der Waals surface area contributed by atoms with Crippen LogP contribution in [0.15, 0.2) is 35.7 Å². The lowest BCUT2D eigenvalue weighted by Crippen LogP contribution is -2.35. The van der Waals surface area contributed by atoms with Gasteiger partial charge in [0, 0.05) is 23.8 Å². The molecule has 1 aromatic carbocycles. The van der Waals surface area contributed by atoms with Crippen LogP contribution in [0.5, 0.6) is 0 Å². The molecule has 1 fully saturated rings. The van der Waals surface area contributed by atoms with E-state index in [1.807, 2.05) is 40.6 Å². The third kappa shape index (κ3) is 2.88. The first-order valence-corrected chi connectivity index (χ1v) is 8.89. The zero-order valence-electron chi connectivity index (χ0n) is 12.7. The SMILES string of the molecule is O=C(Nc1ccc2c(c1)CCCN2C(=O)c1cccs1)C1CC1. The van der Waals surface area contributed by atoms with Crippen LogP contribution in [0, 0.1) is 5.92 Å². The van der Waals surface area contributed by atoms with Crippen molar-refractivity contribution in [2.24, 2.45) is 5.92 Å². The summed E-state index contributed by atoms with van der Waals surface area (Å²) in [4.78, 5) is 27.2. The van der Waals surface area contributed by atoms with Crippen LogP contribution >= 0.6 is 11.3 Å². The first kappa shape index (κ1) is 14.5. The van der Waals surface area contributed by atoms with Crippen LogP contribution in [0.3, 0.4) is 0 Å². The second-order valence-corrected chi connectivity index (χ2v) is 7.09. The summed E-state index contributed by atoms with van der Waals surface area (Å²) in [5.74, 6) is 0.380. The minimum absolute atomic E-state index is 0.0655. The Labute approximate surface area is 139 Å². The Morgan fingerprint density at radius 3 is 2.83 bits per heavy atom. The van der Waals surface area contributed by atoms with E-state index in [1.165, 1.54) is 11.3 Å². The van der Waals surface area contributed by atoms with E-state index in [4.69, 9.17) is 0 Å². The summed E-state index contributed by atoms with van der Waals surface area (Å²) < 4.78 is 0. The fourth-order valence-electron chi connectivity index (χ4n) is 3.01. The van der Waals surface area contributed by atoms with Gasteiger partial charge in [0.15, 0.2) is 0 Å². The van der Waals surface area contributed by atoms with Gasteiger partial charge in [-0.1, -0.05) is 6.07 Å². The summed E-state index contributed by atoms with van der Waals surface area (Å²) in [5, 5.41) is 4.91. The van der Waals surface area contributed by atoms with E-state index in [0.29, 0.717) is 0 Å². The van der Waals surface area contributed by atoms with E-state index in [9.17, 15) is 9.59 Å². The number of hydrogen-bond donors (Lipinski definition) is 1. The quantitative estimate of drug-likeness (QED) is 0.935. The molecule has 2 aliphatic rings. The van der Waals surface area contributed by atoms with Gasteiger partial charge in [-0.2, -0.15) is 0 Å². The Hall–Kier alpha value is -2.14. The number of amides is 2. The lowest BCUT2D eigenvalue weighted by atomic mass is 10.0. The van der Waals surface area contributed by atoms with Gasteiger partial charge in [-0.15, -0.1) is 11.3 Å². The van der Waals surface area contributed by atoms with Crippen LogP contribution < -0.4 is 10.2 Å². The lowest BCUT2D eigenvalue weighted by molar-refractivity contribution is -0.117. The second kappa shape index (κ2) is 5.81. The smallest absolute Gasteiger partial charge is 0.268 e. The highest BCUT2D eigenvalue weighted by molar-refractivity contribution is 7.12. The van der Waals surface area contributed by atoms with Crippen molar-refractivity contribution in [3.8, 4) is 0 Å². The number of anilines is 2. The van der Waals surface area contributed by atoms with Crippen LogP contribution in [0.2, 0.25) is 0 Å². The molecule has 5 heteroatoms. The summed E-state index contributed by atoms with van der Waals surface area (Å²) in [6.07, 6.45) is 3.89. The molecule has 0 unspecified atom stereocenters. The van der Waals surface area contributed by atoms with E-state index < -0.39 is 0 Å². The molecule has 1 aromatic heterocycles. The molecule has 23 heavy (non-hydrogen) atoms. The first-order valence-electron chi connectivity index (χ1n) is 8.01. The summed E-state index contributed by atoms with van der Waals surface area (Å²) in [6.45, 7) is 0.748. The van der Waals surface area contributed by atoms with Crippen LogP contribution in [0.4, 0.5) is 11.4 Å². The van der Waals surface area contributed by atoms with Gasteiger partial charge >= 0.3 is 0 Å². The molecule has 118 valence electrons. The Bertz CT molecular complexity index is 750. The molecule has 1 aliphatic heterocycles. The van der Waals surface area contributed by atoms with Gasteiger partial charge in [-0.05, 0) is 60.9 Å². The van der Waals surface area contributed by atoms with Crippen molar-refractivity contribution >= 4 is 34.5 Å². The summed E-state index contributed by atoms with van der Waals surface area (Å²) >= 11 is 1.47. The van der Waals surface area contributed by atoms with Crippen molar-refractivity contribution in [2.45, 2.75) is 25.7 Å². The fourth-order valence-corrected chi connectivity index (χ4v) is 3.68. The van der Waals surface area contributed by atoms with Gasteiger partial charge in [0.05, 0.1) is 4.88 Å². The van der Waals surface area contributed by atoms with Crippen molar-refractivity contribution < 1.29 is 9.59 Å². The Morgan fingerprint density at radius 2 is 2.09 bits per heavy atom. The van der Waals surface area contributed by atoms with Gasteiger partial charge in [-0.25, -0.2) is 0 Å². The Kier molecular flexibility index (Phi) is 3.65. The molecule has 2 heterocycles. The zero-order chi connectivity index (χ0) is 15.8. The molecule has 1 N–H and O–H groups in total. The van der Waals surface area contributed by atoms with Gasteiger partial charge in [0.25, 0.3) is 5.91 Å². The third-order valence-corrected chi connectivity index (χ3v) is 5.25. The topological polar surface area (TPSA) is 49.4 Å². The predicted molar refractivity (Wildman–Crippen MR) is 92.1 cm³/mol. The van der Waals surface area contributed by atoms with Gasteiger partial charge < -0.3 is 10.2 Å².